The minimum Gasteiger partial charge on any atom is -0.438 e. The molecule has 1 rings (SSSR count). The SMILES string of the molecule is COCCOCOC(=O)C1CCNCC1. The highest BCUT2D eigenvalue weighted by molar-refractivity contribution is 5.72. The number of piperidine rings is 1. The molecule has 0 atom stereocenters. The van der Waals surface area contributed by atoms with Gasteiger partial charge in [-0.15, -0.1) is 0 Å². The number of hydrogen-bond acceptors (Lipinski definition) is 5. The number of esters is 1. The second-order valence-electron chi connectivity index (χ2n) is 3.51. The average molecular weight is 217 g/mol. The maximum Gasteiger partial charge on any atom is 0.311 e. The fourth-order valence-corrected chi connectivity index (χ4v) is 1.48. The Hall–Kier alpha value is -0.650. The van der Waals surface area contributed by atoms with E-state index in [1.54, 1.807) is 7.11 Å². The standard InChI is InChI=1S/C10H19NO4/c1-13-6-7-14-8-15-10(12)9-2-4-11-5-3-9/h9,11H,2-8H2,1H3. The van der Waals surface area contributed by atoms with Crippen molar-refractivity contribution >= 4 is 5.97 Å². The van der Waals surface area contributed by atoms with Crippen LogP contribution < -0.4 is 5.32 Å². The number of carbonyl (C=O) groups excluding carboxylic acids is 1. The zero-order chi connectivity index (χ0) is 10.9. The van der Waals surface area contributed by atoms with Crippen LogP contribution in [0.25, 0.3) is 0 Å². The molecule has 0 aliphatic carbocycles. The van der Waals surface area contributed by atoms with Crippen molar-refractivity contribution in [1.29, 1.82) is 0 Å². The van der Waals surface area contributed by atoms with Crippen molar-refractivity contribution in [1.82, 2.24) is 5.32 Å². The number of hydrogen-bond donors (Lipinski definition) is 1. The van der Waals surface area contributed by atoms with Gasteiger partial charge in [0.1, 0.15) is 0 Å². The van der Waals surface area contributed by atoms with E-state index < -0.39 is 0 Å². The molecule has 1 fully saturated rings. The second-order valence-corrected chi connectivity index (χ2v) is 3.51. The van der Waals surface area contributed by atoms with Gasteiger partial charge in [-0.1, -0.05) is 0 Å². The fourth-order valence-electron chi connectivity index (χ4n) is 1.48. The lowest BCUT2D eigenvalue weighted by atomic mass is 9.99. The lowest BCUT2D eigenvalue weighted by molar-refractivity contribution is -0.163. The Morgan fingerprint density at radius 1 is 1.33 bits per heavy atom. The molecular weight excluding hydrogens is 198 g/mol. The van der Waals surface area contributed by atoms with Gasteiger partial charge in [0.15, 0.2) is 6.79 Å². The summed E-state index contributed by atoms with van der Waals surface area (Å²) in [5, 5.41) is 3.20. The van der Waals surface area contributed by atoms with E-state index in [1.165, 1.54) is 0 Å². The van der Waals surface area contributed by atoms with Crippen molar-refractivity contribution in [2.45, 2.75) is 12.8 Å². The van der Waals surface area contributed by atoms with Gasteiger partial charge < -0.3 is 19.5 Å². The normalized spacial score (nSPS) is 17.7. The largest absolute Gasteiger partial charge is 0.438 e. The molecule has 0 saturated carbocycles. The van der Waals surface area contributed by atoms with Crippen molar-refractivity contribution in [2.24, 2.45) is 5.92 Å². The summed E-state index contributed by atoms with van der Waals surface area (Å²) in [5.41, 5.74) is 0. The predicted octanol–water partition coefficient (Wildman–Crippen LogP) is 0.150. The van der Waals surface area contributed by atoms with Crippen molar-refractivity contribution in [3.05, 3.63) is 0 Å². The third kappa shape index (κ3) is 5.11. The van der Waals surface area contributed by atoms with Gasteiger partial charge in [-0.05, 0) is 25.9 Å². The van der Waals surface area contributed by atoms with Gasteiger partial charge >= 0.3 is 5.97 Å². The van der Waals surface area contributed by atoms with Gasteiger partial charge in [0.2, 0.25) is 0 Å². The summed E-state index contributed by atoms with van der Waals surface area (Å²) in [6, 6.07) is 0. The maximum atomic E-state index is 11.5. The Morgan fingerprint density at radius 3 is 2.73 bits per heavy atom. The van der Waals surface area contributed by atoms with Gasteiger partial charge in [0.05, 0.1) is 19.1 Å². The monoisotopic (exact) mass is 217 g/mol. The van der Waals surface area contributed by atoms with Crippen LogP contribution in [0, 0.1) is 5.92 Å². The molecule has 0 radical (unpaired) electrons. The molecular formula is C10H19NO4. The first kappa shape index (κ1) is 12.4. The Kier molecular flexibility index (Phi) is 6.31. The van der Waals surface area contributed by atoms with E-state index in [9.17, 15) is 4.79 Å². The Morgan fingerprint density at radius 2 is 2.07 bits per heavy atom. The molecule has 0 unspecified atom stereocenters. The van der Waals surface area contributed by atoms with Crippen LogP contribution in [-0.4, -0.2) is 46.2 Å². The molecule has 0 aromatic rings. The molecule has 0 amide bonds. The van der Waals surface area contributed by atoms with Gasteiger partial charge in [-0.3, -0.25) is 4.79 Å². The summed E-state index contributed by atoms with van der Waals surface area (Å²) < 4.78 is 14.8. The Balaban J connectivity index is 2.02. The summed E-state index contributed by atoms with van der Waals surface area (Å²) in [6.07, 6.45) is 1.72. The van der Waals surface area contributed by atoms with E-state index >= 15 is 0 Å². The molecule has 0 spiro atoms. The summed E-state index contributed by atoms with van der Waals surface area (Å²) in [5.74, 6) is -0.105. The van der Waals surface area contributed by atoms with E-state index in [2.05, 4.69) is 5.32 Å². The molecule has 1 saturated heterocycles. The van der Waals surface area contributed by atoms with E-state index in [4.69, 9.17) is 14.2 Å². The van der Waals surface area contributed by atoms with Crippen LogP contribution in [0.4, 0.5) is 0 Å². The van der Waals surface area contributed by atoms with Crippen molar-refractivity contribution in [3.63, 3.8) is 0 Å². The topological polar surface area (TPSA) is 56.8 Å². The molecule has 1 aliphatic rings. The van der Waals surface area contributed by atoms with Crippen molar-refractivity contribution in [3.8, 4) is 0 Å². The van der Waals surface area contributed by atoms with E-state index in [1.807, 2.05) is 0 Å². The van der Waals surface area contributed by atoms with Crippen LogP contribution in [0.3, 0.4) is 0 Å². The molecule has 88 valence electrons. The van der Waals surface area contributed by atoms with Gasteiger partial charge in [0, 0.05) is 7.11 Å². The summed E-state index contributed by atoms with van der Waals surface area (Å²) in [7, 11) is 1.60. The number of nitrogens with one attached hydrogen (secondary N) is 1. The van der Waals surface area contributed by atoms with E-state index in [0.29, 0.717) is 13.2 Å². The summed E-state index contributed by atoms with van der Waals surface area (Å²) >= 11 is 0. The molecule has 1 aliphatic heterocycles. The molecule has 1 N–H and O–H groups in total. The van der Waals surface area contributed by atoms with E-state index in [0.717, 1.165) is 25.9 Å². The van der Waals surface area contributed by atoms with Crippen LogP contribution in [0.15, 0.2) is 0 Å². The Labute approximate surface area is 90.1 Å². The van der Waals surface area contributed by atoms with Crippen LogP contribution in [0.1, 0.15) is 12.8 Å². The molecule has 15 heavy (non-hydrogen) atoms. The van der Waals surface area contributed by atoms with Crippen LogP contribution >= 0.6 is 0 Å². The van der Waals surface area contributed by atoms with E-state index in [-0.39, 0.29) is 18.7 Å². The van der Waals surface area contributed by atoms with Crippen LogP contribution in [0.2, 0.25) is 0 Å². The van der Waals surface area contributed by atoms with Gasteiger partial charge in [-0.2, -0.15) is 0 Å². The lowest BCUT2D eigenvalue weighted by Gasteiger charge is -2.20. The third-order valence-corrected chi connectivity index (χ3v) is 2.39. The first-order valence-electron chi connectivity index (χ1n) is 5.28. The molecule has 0 aromatic carbocycles. The molecule has 5 heteroatoms. The minimum atomic E-state index is -0.145. The summed E-state index contributed by atoms with van der Waals surface area (Å²) in [6.45, 7) is 2.79. The van der Waals surface area contributed by atoms with Gasteiger partial charge in [0.25, 0.3) is 0 Å². The molecule has 5 nitrogen and oxygen atoms in total. The zero-order valence-electron chi connectivity index (χ0n) is 9.16. The maximum absolute atomic E-state index is 11.5. The quantitative estimate of drug-likeness (QED) is 0.390. The second kappa shape index (κ2) is 7.62. The zero-order valence-corrected chi connectivity index (χ0v) is 9.16. The highest BCUT2D eigenvalue weighted by Crippen LogP contribution is 2.13. The first-order chi connectivity index (χ1) is 7.34. The Bertz CT molecular complexity index is 180. The third-order valence-electron chi connectivity index (χ3n) is 2.39. The predicted molar refractivity (Wildman–Crippen MR) is 54.4 cm³/mol. The highest BCUT2D eigenvalue weighted by atomic mass is 16.7. The molecule has 0 aromatic heterocycles. The minimum absolute atomic E-state index is 0.0339. The molecule has 1 heterocycles. The fraction of sp³-hybridized carbons (Fsp3) is 0.900. The number of ether oxygens (including phenoxy) is 3. The lowest BCUT2D eigenvalue weighted by Crippen LogP contribution is -2.33. The van der Waals surface area contributed by atoms with Crippen LogP contribution in [-0.2, 0) is 19.0 Å². The number of rotatable bonds is 6. The van der Waals surface area contributed by atoms with Crippen LogP contribution in [0.5, 0.6) is 0 Å². The van der Waals surface area contributed by atoms with Crippen molar-refractivity contribution in [2.75, 3.05) is 40.2 Å². The first-order valence-corrected chi connectivity index (χ1v) is 5.28. The average Bonchev–Trinajstić information content (AvgIpc) is 2.30. The van der Waals surface area contributed by atoms with Crippen molar-refractivity contribution < 1.29 is 19.0 Å². The highest BCUT2D eigenvalue weighted by Gasteiger charge is 2.21. The summed E-state index contributed by atoms with van der Waals surface area (Å²) in [4.78, 5) is 11.5. The number of methoxy groups -OCH3 is 1. The smallest absolute Gasteiger partial charge is 0.311 e. The number of carbonyl (C=O) groups is 1. The van der Waals surface area contributed by atoms with Gasteiger partial charge in [-0.25, -0.2) is 0 Å². The molecule has 0 bridgehead atoms.